The van der Waals surface area contributed by atoms with Crippen LogP contribution in [0.4, 0.5) is 0 Å². The summed E-state index contributed by atoms with van der Waals surface area (Å²) in [7, 11) is 0. The highest BCUT2D eigenvalue weighted by Gasteiger charge is 2.11. The summed E-state index contributed by atoms with van der Waals surface area (Å²) in [6.07, 6.45) is 0. The molecule has 0 bridgehead atoms. The standard InChI is InChI=1S/C49H43NO8/c51-44-32-48(57-46-14-5-3-12-42(44)46)36-16-20-39(21-17-36)55-30-28-53-26-24-50(34-38-10-7-9-35-8-1-2-11-41(35)38)25-27-54-29-31-56-40-22-18-37(19-23-40)49-33-45(52)43-13-4-6-15-47(43)58-49/h1-23,32-33H,24-31,34H2. The molecule has 0 spiro atoms. The Kier molecular flexibility index (Phi) is 12.3. The number of nitrogens with zero attached hydrogens (tertiary/aromatic N) is 1. The van der Waals surface area contributed by atoms with E-state index >= 15 is 0 Å². The summed E-state index contributed by atoms with van der Waals surface area (Å²) in [6.45, 7) is 4.96. The van der Waals surface area contributed by atoms with Crippen molar-refractivity contribution in [2.75, 3.05) is 52.7 Å². The van der Waals surface area contributed by atoms with Crippen molar-refractivity contribution in [1.82, 2.24) is 4.90 Å². The van der Waals surface area contributed by atoms with Crippen LogP contribution in [-0.2, 0) is 16.0 Å². The molecule has 58 heavy (non-hydrogen) atoms. The van der Waals surface area contributed by atoms with Crippen molar-refractivity contribution in [2.45, 2.75) is 6.54 Å². The largest absolute Gasteiger partial charge is 0.491 e. The zero-order valence-electron chi connectivity index (χ0n) is 32.0. The molecule has 9 heteroatoms. The Bertz CT molecular complexity index is 2570. The Labute approximate surface area is 335 Å². The van der Waals surface area contributed by atoms with Crippen molar-refractivity contribution in [3.05, 3.63) is 178 Å². The Hall–Kier alpha value is -6.52. The number of rotatable bonds is 18. The Morgan fingerprint density at radius 1 is 0.448 bits per heavy atom. The molecule has 8 aromatic rings. The summed E-state index contributed by atoms with van der Waals surface area (Å²) in [6, 6.07) is 47.4. The molecule has 0 amide bonds. The monoisotopic (exact) mass is 773 g/mol. The average Bonchev–Trinajstić information content (AvgIpc) is 3.26. The fraction of sp³-hybridized carbons (Fsp3) is 0.184. The molecule has 0 fully saturated rings. The van der Waals surface area contributed by atoms with E-state index in [-0.39, 0.29) is 10.9 Å². The topological polar surface area (TPSA) is 101 Å². The summed E-state index contributed by atoms with van der Waals surface area (Å²) >= 11 is 0. The molecule has 0 N–H and O–H groups in total. The lowest BCUT2D eigenvalue weighted by Crippen LogP contribution is -2.31. The molecule has 8 rings (SSSR count). The van der Waals surface area contributed by atoms with Crippen molar-refractivity contribution in [3.8, 4) is 34.1 Å². The van der Waals surface area contributed by atoms with E-state index in [4.69, 9.17) is 27.8 Å². The molecule has 2 aromatic heterocycles. The Morgan fingerprint density at radius 2 is 0.914 bits per heavy atom. The quantitative estimate of drug-likeness (QED) is 0.0790. The molecule has 0 aliphatic rings. The molecular weight excluding hydrogens is 731 g/mol. The Balaban J connectivity index is 0.790. The van der Waals surface area contributed by atoms with E-state index in [1.807, 2.05) is 72.8 Å². The van der Waals surface area contributed by atoms with Gasteiger partial charge < -0.3 is 27.8 Å². The maximum absolute atomic E-state index is 12.5. The van der Waals surface area contributed by atoms with E-state index in [1.54, 1.807) is 24.3 Å². The molecule has 292 valence electrons. The lowest BCUT2D eigenvalue weighted by Gasteiger charge is -2.23. The summed E-state index contributed by atoms with van der Waals surface area (Å²) in [5.74, 6) is 2.46. The van der Waals surface area contributed by atoms with Crippen molar-refractivity contribution in [3.63, 3.8) is 0 Å². The van der Waals surface area contributed by atoms with Crippen molar-refractivity contribution in [2.24, 2.45) is 0 Å². The summed E-state index contributed by atoms with van der Waals surface area (Å²) in [5.41, 5.74) is 3.84. The van der Waals surface area contributed by atoms with E-state index in [2.05, 4.69) is 47.4 Å². The average molecular weight is 774 g/mol. The highest BCUT2D eigenvalue weighted by Crippen LogP contribution is 2.26. The van der Waals surface area contributed by atoms with Crippen LogP contribution in [0.25, 0.3) is 55.4 Å². The summed E-state index contributed by atoms with van der Waals surface area (Å²) in [4.78, 5) is 27.4. The van der Waals surface area contributed by atoms with Crippen molar-refractivity contribution in [1.29, 1.82) is 0 Å². The third kappa shape index (κ3) is 9.53. The first-order valence-electron chi connectivity index (χ1n) is 19.4. The van der Waals surface area contributed by atoms with Gasteiger partial charge >= 0.3 is 0 Å². The van der Waals surface area contributed by atoms with E-state index < -0.39 is 0 Å². The van der Waals surface area contributed by atoms with E-state index in [1.165, 1.54) is 28.5 Å². The van der Waals surface area contributed by atoms with Gasteiger partial charge in [-0.25, -0.2) is 0 Å². The lowest BCUT2D eigenvalue weighted by molar-refractivity contribution is 0.0535. The van der Waals surface area contributed by atoms with Crippen LogP contribution in [0.15, 0.2) is 170 Å². The predicted molar refractivity (Wildman–Crippen MR) is 228 cm³/mol. The fourth-order valence-electron chi connectivity index (χ4n) is 6.89. The van der Waals surface area contributed by atoms with Crippen LogP contribution in [0.2, 0.25) is 0 Å². The van der Waals surface area contributed by atoms with Gasteiger partial charge in [0, 0.05) is 42.9 Å². The molecule has 0 unspecified atom stereocenters. The second kappa shape index (κ2) is 18.6. The first kappa shape index (κ1) is 38.4. The maximum Gasteiger partial charge on any atom is 0.193 e. The minimum absolute atomic E-state index is 0.0703. The molecule has 0 saturated carbocycles. The second-order valence-electron chi connectivity index (χ2n) is 13.8. The number of ether oxygens (including phenoxy) is 4. The Morgan fingerprint density at radius 3 is 1.45 bits per heavy atom. The smallest absolute Gasteiger partial charge is 0.193 e. The van der Waals surface area contributed by atoms with Gasteiger partial charge in [-0.05, 0) is 89.1 Å². The first-order valence-corrected chi connectivity index (χ1v) is 19.4. The van der Waals surface area contributed by atoms with Gasteiger partial charge in [-0.1, -0.05) is 66.7 Å². The molecule has 9 nitrogen and oxygen atoms in total. The van der Waals surface area contributed by atoms with Crippen LogP contribution in [0.5, 0.6) is 11.5 Å². The van der Waals surface area contributed by atoms with Gasteiger partial charge in [-0.15, -0.1) is 0 Å². The van der Waals surface area contributed by atoms with Crippen molar-refractivity contribution >= 4 is 32.7 Å². The highest BCUT2D eigenvalue weighted by atomic mass is 16.5. The number of fused-ring (bicyclic) bond motifs is 3. The second-order valence-corrected chi connectivity index (χ2v) is 13.8. The molecule has 0 saturated heterocycles. The zero-order valence-corrected chi connectivity index (χ0v) is 32.0. The molecule has 0 aliphatic carbocycles. The van der Waals surface area contributed by atoms with Gasteiger partial charge in [0.05, 0.1) is 37.2 Å². The first-order chi connectivity index (χ1) is 28.6. The number of benzene rings is 6. The van der Waals surface area contributed by atoms with Gasteiger partial charge in [0.2, 0.25) is 0 Å². The minimum Gasteiger partial charge on any atom is -0.491 e. The molecular formula is C49H43NO8. The SMILES string of the molecule is O=c1cc(-c2ccc(OCCOCCN(CCOCCOc3ccc(-c4cc(=O)c5ccccc5o4)cc3)Cc3cccc4ccccc34)cc2)oc2ccccc12. The van der Waals surface area contributed by atoms with Crippen LogP contribution in [0, 0.1) is 0 Å². The normalized spacial score (nSPS) is 11.5. The summed E-state index contributed by atoms with van der Waals surface area (Å²) in [5, 5.41) is 3.58. The van der Waals surface area contributed by atoms with Crippen LogP contribution >= 0.6 is 0 Å². The zero-order chi connectivity index (χ0) is 39.5. The number of hydrogen-bond acceptors (Lipinski definition) is 9. The van der Waals surface area contributed by atoms with E-state index in [9.17, 15) is 9.59 Å². The van der Waals surface area contributed by atoms with Crippen LogP contribution in [-0.4, -0.2) is 57.6 Å². The van der Waals surface area contributed by atoms with Crippen LogP contribution in [0.1, 0.15) is 5.56 Å². The van der Waals surface area contributed by atoms with Crippen LogP contribution in [0.3, 0.4) is 0 Å². The molecule has 0 radical (unpaired) electrons. The van der Waals surface area contributed by atoms with Gasteiger partial charge in [0.15, 0.2) is 10.9 Å². The summed E-state index contributed by atoms with van der Waals surface area (Å²) < 4.78 is 35.9. The fourth-order valence-corrected chi connectivity index (χ4v) is 6.89. The third-order valence-corrected chi connectivity index (χ3v) is 9.92. The molecule has 0 atom stereocenters. The van der Waals surface area contributed by atoms with E-state index in [0.29, 0.717) is 84.6 Å². The number of para-hydroxylation sites is 2. The van der Waals surface area contributed by atoms with Crippen LogP contribution < -0.4 is 20.3 Å². The molecule has 0 aliphatic heterocycles. The van der Waals surface area contributed by atoms with E-state index in [0.717, 1.165) is 30.8 Å². The molecule has 6 aromatic carbocycles. The van der Waals surface area contributed by atoms with Gasteiger partial charge in [0.1, 0.15) is 47.4 Å². The van der Waals surface area contributed by atoms with Gasteiger partial charge in [0.25, 0.3) is 0 Å². The van der Waals surface area contributed by atoms with Crippen molar-refractivity contribution < 1.29 is 27.8 Å². The minimum atomic E-state index is -0.0703. The highest BCUT2D eigenvalue weighted by molar-refractivity contribution is 5.85. The van der Waals surface area contributed by atoms with Gasteiger partial charge in [-0.3, -0.25) is 14.5 Å². The molecule has 2 heterocycles. The predicted octanol–water partition coefficient (Wildman–Crippen LogP) is 9.38. The van der Waals surface area contributed by atoms with Gasteiger partial charge in [-0.2, -0.15) is 0 Å². The number of hydrogen-bond donors (Lipinski definition) is 0. The lowest BCUT2D eigenvalue weighted by atomic mass is 10.0. The third-order valence-electron chi connectivity index (χ3n) is 9.92. The maximum atomic E-state index is 12.5.